The molecule has 0 aliphatic heterocycles. The summed E-state index contributed by atoms with van der Waals surface area (Å²) in [6.07, 6.45) is 8.02. The quantitative estimate of drug-likeness (QED) is 0.698. The summed E-state index contributed by atoms with van der Waals surface area (Å²) in [5.41, 5.74) is 0.437. The van der Waals surface area contributed by atoms with Crippen molar-refractivity contribution >= 4 is 0 Å². The molecule has 1 aromatic heterocycles. The van der Waals surface area contributed by atoms with Gasteiger partial charge in [-0.25, -0.2) is 0 Å². The molecule has 1 N–H and O–H groups in total. The summed E-state index contributed by atoms with van der Waals surface area (Å²) in [5, 5.41) is 16.5. The minimum Gasteiger partial charge on any atom is -0.371 e. The molecule has 0 spiro atoms. The van der Waals surface area contributed by atoms with E-state index in [1.165, 1.54) is 38.5 Å². The fourth-order valence-electron chi connectivity index (χ4n) is 4.85. The van der Waals surface area contributed by atoms with Gasteiger partial charge in [-0.1, -0.05) is 0 Å². The summed E-state index contributed by atoms with van der Waals surface area (Å²) < 4.78 is 1.58. The van der Waals surface area contributed by atoms with Crippen molar-refractivity contribution in [3.8, 4) is 0 Å². The third kappa shape index (κ3) is 1.28. The fraction of sp³-hybridized carbons (Fsp3) is 0.917. The van der Waals surface area contributed by atoms with Crippen LogP contribution in [0, 0.1) is 23.2 Å². The molecule has 0 saturated heterocycles. The Bertz CT molecular complexity index is 476. The Morgan fingerprint density at radius 3 is 2.18 bits per heavy atom. The number of aromatic nitrogens is 4. The van der Waals surface area contributed by atoms with Crippen LogP contribution in [-0.2, 0) is 12.6 Å². The molecule has 5 nitrogen and oxygen atoms in total. The molecule has 4 bridgehead atoms. The van der Waals surface area contributed by atoms with Crippen LogP contribution in [0.3, 0.4) is 0 Å². The summed E-state index contributed by atoms with van der Waals surface area (Å²) in [6, 6.07) is 0. The van der Waals surface area contributed by atoms with E-state index in [2.05, 4.69) is 10.3 Å². The lowest BCUT2D eigenvalue weighted by molar-refractivity contribution is -0.875. The van der Waals surface area contributed by atoms with E-state index in [0.717, 1.165) is 17.8 Å². The number of tetrazole rings is 1. The van der Waals surface area contributed by atoms with Gasteiger partial charge in [-0.15, -0.1) is 5.21 Å². The summed E-state index contributed by atoms with van der Waals surface area (Å²) in [6.45, 7) is 0. The van der Waals surface area contributed by atoms with Crippen LogP contribution in [0.25, 0.3) is 0 Å². The lowest BCUT2D eigenvalue weighted by atomic mass is 9.53. The second-order valence-electron chi connectivity index (χ2n) is 6.47. The Kier molecular flexibility index (Phi) is 1.74. The van der Waals surface area contributed by atoms with Crippen LogP contribution in [-0.4, -0.2) is 9.90 Å². The van der Waals surface area contributed by atoms with Gasteiger partial charge in [0, 0.05) is 0 Å². The number of nitrogens with one attached hydrogen (secondary N) is 1. The van der Waals surface area contributed by atoms with Crippen molar-refractivity contribution in [2.75, 3.05) is 0 Å². The van der Waals surface area contributed by atoms with Gasteiger partial charge >= 0.3 is 0 Å². The second-order valence-corrected chi connectivity index (χ2v) is 6.47. The molecular formula is C12H19N5. The molecule has 4 fully saturated rings. The van der Waals surface area contributed by atoms with E-state index in [1.54, 1.807) is 4.68 Å². The van der Waals surface area contributed by atoms with Crippen molar-refractivity contribution in [2.24, 2.45) is 24.8 Å². The fourth-order valence-corrected chi connectivity index (χ4v) is 4.85. The van der Waals surface area contributed by atoms with E-state index in [4.69, 9.17) is 5.41 Å². The predicted molar refractivity (Wildman–Crippen MR) is 58.7 cm³/mol. The highest BCUT2D eigenvalue weighted by Gasteiger charge is 2.54. The van der Waals surface area contributed by atoms with E-state index < -0.39 is 0 Å². The smallest absolute Gasteiger partial charge is 0.134 e. The minimum absolute atomic E-state index is 0.159. The predicted octanol–water partition coefficient (Wildman–Crippen LogP) is 0.0696. The molecule has 4 aliphatic rings. The zero-order valence-electron chi connectivity index (χ0n) is 10.3. The second kappa shape index (κ2) is 3.00. The van der Waals surface area contributed by atoms with Gasteiger partial charge in [-0.05, 0) is 63.3 Å². The monoisotopic (exact) mass is 233 g/mol. The van der Waals surface area contributed by atoms with Crippen molar-refractivity contribution < 1.29 is 4.80 Å². The molecule has 0 unspecified atom stereocenters. The van der Waals surface area contributed by atoms with E-state index in [1.807, 2.05) is 11.8 Å². The highest BCUT2D eigenvalue weighted by atomic mass is 15.6. The molecule has 0 radical (unpaired) electrons. The summed E-state index contributed by atoms with van der Waals surface area (Å²) >= 11 is 0. The van der Waals surface area contributed by atoms with Gasteiger partial charge in [-0.3, -0.25) is 0 Å². The van der Waals surface area contributed by atoms with E-state index in [-0.39, 0.29) is 11.2 Å². The topological polar surface area (TPSA) is 59.6 Å². The molecular weight excluding hydrogens is 214 g/mol. The summed E-state index contributed by atoms with van der Waals surface area (Å²) in [7, 11) is 1.81. The standard InChI is InChI=1S/C12H19N5/c1-16-11(13)14-17(15-16)12-5-8-2-9(6-12)4-10(3-8)7-12/h8-10,13H,2-7H2,1H3. The van der Waals surface area contributed by atoms with Crippen LogP contribution < -0.4 is 15.5 Å². The van der Waals surface area contributed by atoms with Gasteiger partial charge in [-0.2, -0.15) is 9.90 Å². The number of hydrogen-bond donors (Lipinski definition) is 1. The van der Waals surface area contributed by atoms with Crippen LogP contribution >= 0.6 is 0 Å². The molecule has 4 aliphatic carbocycles. The third-order valence-electron chi connectivity index (χ3n) is 5.15. The molecule has 1 heterocycles. The highest BCUT2D eigenvalue weighted by molar-refractivity contribution is 4.98. The zero-order valence-corrected chi connectivity index (χ0v) is 10.3. The van der Waals surface area contributed by atoms with Crippen molar-refractivity contribution in [1.29, 1.82) is 5.41 Å². The van der Waals surface area contributed by atoms with Gasteiger partial charge < -0.3 is 10.1 Å². The van der Waals surface area contributed by atoms with Crippen LogP contribution in [0.4, 0.5) is 0 Å². The van der Waals surface area contributed by atoms with E-state index in [9.17, 15) is 0 Å². The molecule has 17 heavy (non-hydrogen) atoms. The van der Waals surface area contributed by atoms with Gasteiger partial charge in [0.25, 0.3) is 0 Å². The van der Waals surface area contributed by atoms with Gasteiger partial charge in [0.05, 0.1) is 0 Å². The number of rotatable bonds is 1. The maximum atomic E-state index is 7.72. The molecule has 92 valence electrons. The maximum absolute atomic E-state index is 7.72. The molecule has 5 rings (SSSR count). The minimum atomic E-state index is 0.159. The van der Waals surface area contributed by atoms with Crippen LogP contribution in [0.2, 0.25) is 0 Å². The normalized spacial score (nSPS) is 43.2. The Morgan fingerprint density at radius 1 is 1.24 bits per heavy atom. The average Bonchev–Trinajstić information content (AvgIpc) is 2.58. The van der Waals surface area contributed by atoms with Gasteiger partial charge in [0.1, 0.15) is 11.2 Å². The highest BCUT2D eigenvalue weighted by Crippen LogP contribution is 2.56. The largest absolute Gasteiger partial charge is 0.371 e. The maximum Gasteiger partial charge on any atom is 0.134 e. The zero-order chi connectivity index (χ0) is 11.6. The Hall–Kier alpha value is -1.13. The Balaban J connectivity index is 1.79. The summed E-state index contributed by atoms with van der Waals surface area (Å²) in [5.74, 6) is 2.69. The lowest BCUT2D eigenvalue weighted by Gasteiger charge is -2.54. The van der Waals surface area contributed by atoms with Crippen LogP contribution in [0.15, 0.2) is 0 Å². The van der Waals surface area contributed by atoms with E-state index >= 15 is 0 Å². The summed E-state index contributed by atoms with van der Waals surface area (Å²) in [4.78, 5) is 1.89. The van der Waals surface area contributed by atoms with Gasteiger partial charge in [0.15, 0.2) is 0 Å². The number of aryl methyl sites for hydroxylation is 1. The van der Waals surface area contributed by atoms with Crippen molar-refractivity contribution in [3.05, 3.63) is 5.62 Å². The van der Waals surface area contributed by atoms with Gasteiger partial charge in [0.2, 0.25) is 0 Å². The SMILES string of the molecule is Cn1n[n+](C23CC4CC(CC(C4)C2)C3)[n-]c1=N. The number of nitrogens with zero attached hydrogens (tertiary/aromatic N) is 4. The Labute approximate surface area is 100 Å². The Morgan fingerprint density at radius 2 is 1.76 bits per heavy atom. The van der Waals surface area contributed by atoms with Crippen molar-refractivity contribution in [2.45, 2.75) is 44.1 Å². The number of hydrogen-bond acceptors (Lipinski definition) is 2. The first-order chi connectivity index (χ1) is 8.14. The first kappa shape index (κ1) is 9.85. The first-order valence-electron chi connectivity index (χ1n) is 6.70. The van der Waals surface area contributed by atoms with Crippen LogP contribution in [0.5, 0.6) is 0 Å². The lowest BCUT2D eigenvalue weighted by Crippen LogP contribution is -2.68. The third-order valence-corrected chi connectivity index (χ3v) is 5.15. The first-order valence-corrected chi connectivity index (χ1v) is 6.70. The molecule has 0 amide bonds. The molecule has 1 aromatic rings. The average molecular weight is 233 g/mol. The molecule has 0 aromatic carbocycles. The molecule has 4 saturated carbocycles. The van der Waals surface area contributed by atoms with Crippen molar-refractivity contribution in [1.82, 2.24) is 15.0 Å². The molecule has 0 atom stereocenters. The van der Waals surface area contributed by atoms with E-state index in [0.29, 0.717) is 0 Å². The van der Waals surface area contributed by atoms with Crippen molar-refractivity contribution in [3.63, 3.8) is 0 Å². The molecule has 5 heteroatoms. The van der Waals surface area contributed by atoms with Crippen LogP contribution in [0.1, 0.15) is 38.5 Å².